The third-order valence-corrected chi connectivity index (χ3v) is 3.50. The largest absolute Gasteiger partial charge is 0.327 e. The van der Waals surface area contributed by atoms with Crippen molar-refractivity contribution in [2.45, 2.75) is 6.54 Å². The van der Waals surface area contributed by atoms with Gasteiger partial charge in [0.25, 0.3) is 0 Å². The summed E-state index contributed by atoms with van der Waals surface area (Å²) in [6.07, 6.45) is 0. The first-order valence-corrected chi connectivity index (χ1v) is 6.48. The number of imidazole rings is 1. The van der Waals surface area contributed by atoms with E-state index in [9.17, 15) is 0 Å². The second kappa shape index (κ2) is 4.68. The minimum absolute atomic E-state index is 0.535. The summed E-state index contributed by atoms with van der Waals surface area (Å²) in [5.41, 5.74) is 9.85. The predicted octanol–water partition coefficient (Wildman–Crippen LogP) is 3.35. The van der Waals surface area contributed by atoms with Gasteiger partial charge in [-0.3, -0.25) is 0 Å². The van der Waals surface area contributed by atoms with Gasteiger partial charge in [-0.05, 0) is 29.8 Å². The van der Waals surface area contributed by atoms with E-state index in [2.05, 4.69) is 15.6 Å². The third kappa shape index (κ3) is 2.11. The molecule has 0 saturated heterocycles. The zero-order chi connectivity index (χ0) is 13.4. The van der Waals surface area contributed by atoms with Crippen molar-refractivity contribution in [3.05, 3.63) is 53.1 Å². The summed E-state index contributed by atoms with van der Waals surface area (Å²) in [6, 6.07) is 13.8. The Morgan fingerprint density at radius 2 is 2.05 bits per heavy atom. The number of benzene rings is 2. The standard InChI is InChI=1S/C15H14ClN3/c1-19-14-7-10(9-17)5-6-13(14)18-15(19)11-3-2-4-12(16)8-11/h2-8H,9,17H2,1H3. The van der Waals surface area contributed by atoms with Crippen molar-refractivity contribution >= 4 is 22.6 Å². The van der Waals surface area contributed by atoms with E-state index in [1.807, 2.05) is 43.4 Å². The maximum atomic E-state index is 6.04. The number of nitrogens with two attached hydrogens (primary N) is 1. The van der Waals surface area contributed by atoms with Crippen LogP contribution in [0, 0.1) is 0 Å². The van der Waals surface area contributed by atoms with Crippen molar-refractivity contribution in [2.24, 2.45) is 12.8 Å². The number of hydrogen-bond donors (Lipinski definition) is 1. The number of aromatic nitrogens is 2. The summed E-state index contributed by atoms with van der Waals surface area (Å²) < 4.78 is 2.07. The molecule has 3 aromatic rings. The van der Waals surface area contributed by atoms with Gasteiger partial charge >= 0.3 is 0 Å². The maximum Gasteiger partial charge on any atom is 0.140 e. The van der Waals surface area contributed by atoms with E-state index in [1.54, 1.807) is 0 Å². The molecule has 0 unspecified atom stereocenters. The molecule has 0 aliphatic heterocycles. The van der Waals surface area contributed by atoms with Crippen LogP contribution in [0.3, 0.4) is 0 Å². The molecule has 19 heavy (non-hydrogen) atoms. The van der Waals surface area contributed by atoms with Crippen LogP contribution in [0.15, 0.2) is 42.5 Å². The molecule has 0 aliphatic carbocycles. The summed E-state index contributed by atoms with van der Waals surface area (Å²) in [6.45, 7) is 0.535. The van der Waals surface area contributed by atoms with Crippen molar-refractivity contribution in [2.75, 3.05) is 0 Å². The quantitative estimate of drug-likeness (QED) is 0.777. The van der Waals surface area contributed by atoms with Gasteiger partial charge in [-0.15, -0.1) is 0 Å². The number of hydrogen-bond acceptors (Lipinski definition) is 2. The Morgan fingerprint density at radius 1 is 1.21 bits per heavy atom. The molecule has 0 aliphatic rings. The van der Waals surface area contributed by atoms with Crippen LogP contribution in [0.4, 0.5) is 0 Å². The lowest BCUT2D eigenvalue weighted by Gasteiger charge is -2.03. The van der Waals surface area contributed by atoms with E-state index >= 15 is 0 Å². The summed E-state index contributed by atoms with van der Waals surface area (Å²) in [5.74, 6) is 0.909. The highest BCUT2D eigenvalue weighted by molar-refractivity contribution is 6.30. The average Bonchev–Trinajstić information content (AvgIpc) is 2.76. The van der Waals surface area contributed by atoms with Gasteiger partial charge in [-0.2, -0.15) is 0 Å². The van der Waals surface area contributed by atoms with Crippen LogP contribution in [0.1, 0.15) is 5.56 Å². The molecular formula is C15H14ClN3. The smallest absolute Gasteiger partial charge is 0.140 e. The second-order valence-electron chi connectivity index (χ2n) is 4.53. The Labute approximate surface area is 116 Å². The molecule has 2 N–H and O–H groups in total. The minimum atomic E-state index is 0.535. The molecule has 0 radical (unpaired) electrons. The van der Waals surface area contributed by atoms with Gasteiger partial charge in [0.1, 0.15) is 5.82 Å². The van der Waals surface area contributed by atoms with Crippen molar-refractivity contribution in [3.8, 4) is 11.4 Å². The molecule has 2 aromatic carbocycles. The fourth-order valence-electron chi connectivity index (χ4n) is 2.25. The van der Waals surface area contributed by atoms with Gasteiger partial charge in [-0.1, -0.05) is 29.8 Å². The van der Waals surface area contributed by atoms with E-state index in [1.165, 1.54) is 0 Å². The summed E-state index contributed by atoms with van der Waals surface area (Å²) in [5, 5.41) is 0.715. The van der Waals surface area contributed by atoms with Gasteiger partial charge in [0.05, 0.1) is 11.0 Å². The molecule has 0 atom stereocenters. The number of halogens is 1. The third-order valence-electron chi connectivity index (χ3n) is 3.26. The van der Waals surface area contributed by atoms with Gasteiger partial charge in [0.2, 0.25) is 0 Å². The Hall–Kier alpha value is -1.84. The fourth-order valence-corrected chi connectivity index (χ4v) is 2.44. The van der Waals surface area contributed by atoms with Crippen LogP contribution in [0.5, 0.6) is 0 Å². The summed E-state index contributed by atoms with van der Waals surface area (Å²) in [7, 11) is 2.01. The Bertz CT molecular complexity index is 746. The van der Waals surface area contributed by atoms with Crippen molar-refractivity contribution < 1.29 is 0 Å². The molecule has 4 heteroatoms. The lowest BCUT2D eigenvalue weighted by Crippen LogP contribution is -1.97. The number of nitrogens with zero attached hydrogens (tertiary/aromatic N) is 2. The number of rotatable bonds is 2. The van der Waals surface area contributed by atoms with Crippen LogP contribution in [-0.4, -0.2) is 9.55 Å². The van der Waals surface area contributed by atoms with Gasteiger partial charge in [0, 0.05) is 24.2 Å². The van der Waals surface area contributed by atoms with Gasteiger partial charge < -0.3 is 10.3 Å². The molecule has 1 aromatic heterocycles. The maximum absolute atomic E-state index is 6.04. The number of aryl methyl sites for hydroxylation is 1. The molecular weight excluding hydrogens is 258 g/mol. The average molecular weight is 272 g/mol. The molecule has 0 bridgehead atoms. The summed E-state index contributed by atoms with van der Waals surface area (Å²) >= 11 is 6.04. The van der Waals surface area contributed by atoms with Crippen LogP contribution >= 0.6 is 11.6 Å². The molecule has 1 heterocycles. The highest BCUT2D eigenvalue weighted by atomic mass is 35.5. The SMILES string of the molecule is Cn1c(-c2cccc(Cl)c2)nc2ccc(CN)cc21. The first-order chi connectivity index (χ1) is 9.19. The van der Waals surface area contributed by atoms with Crippen LogP contribution in [-0.2, 0) is 13.6 Å². The Balaban J connectivity index is 2.22. The van der Waals surface area contributed by atoms with E-state index < -0.39 is 0 Å². The zero-order valence-corrected chi connectivity index (χ0v) is 11.4. The van der Waals surface area contributed by atoms with Gasteiger partial charge in [0.15, 0.2) is 0 Å². The molecule has 0 saturated carbocycles. The Morgan fingerprint density at radius 3 is 2.79 bits per heavy atom. The number of fused-ring (bicyclic) bond motifs is 1. The monoisotopic (exact) mass is 271 g/mol. The van der Waals surface area contributed by atoms with Crippen molar-refractivity contribution in [1.29, 1.82) is 0 Å². The highest BCUT2D eigenvalue weighted by Crippen LogP contribution is 2.26. The molecule has 3 rings (SSSR count). The lowest BCUT2D eigenvalue weighted by molar-refractivity contribution is 0.956. The van der Waals surface area contributed by atoms with Crippen LogP contribution < -0.4 is 5.73 Å². The second-order valence-corrected chi connectivity index (χ2v) is 4.97. The highest BCUT2D eigenvalue weighted by Gasteiger charge is 2.10. The van der Waals surface area contributed by atoms with Crippen LogP contribution in [0.2, 0.25) is 5.02 Å². The molecule has 0 amide bonds. The predicted molar refractivity (Wildman–Crippen MR) is 79.1 cm³/mol. The molecule has 3 nitrogen and oxygen atoms in total. The first kappa shape index (κ1) is 12.2. The zero-order valence-electron chi connectivity index (χ0n) is 10.6. The normalized spacial score (nSPS) is 11.1. The molecule has 0 spiro atoms. The summed E-state index contributed by atoms with van der Waals surface area (Å²) in [4.78, 5) is 4.66. The fraction of sp³-hybridized carbons (Fsp3) is 0.133. The van der Waals surface area contributed by atoms with E-state index in [-0.39, 0.29) is 0 Å². The van der Waals surface area contributed by atoms with Gasteiger partial charge in [-0.25, -0.2) is 4.98 Å². The van der Waals surface area contributed by atoms with Crippen molar-refractivity contribution in [1.82, 2.24) is 9.55 Å². The molecule has 96 valence electrons. The minimum Gasteiger partial charge on any atom is -0.327 e. The van der Waals surface area contributed by atoms with Crippen molar-refractivity contribution in [3.63, 3.8) is 0 Å². The lowest BCUT2D eigenvalue weighted by atomic mass is 10.2. The van der Waals surface area contributed by atoms with E-state index in [0.717, 1.165) is 28.0 Å². The first-order valence-electron chi connectivity index (χ1n) is 6.10. The van der Waals surface area contributed by atoms with E-state index in [4.69, 9.17) is 17.3 Å². The topological polar surface area (TPSA) is 43.8 Å². The Kier molecular flexibility index (Phi) is 3.01. The molecule has 0 fully saturated rings. The van der Waals surface area contributed by atoms with E-state index in [0.29, 0.717) is 11.6 Å². The van der Waals surface area contributed by atoms with Crippen LogP contribution in [0.25, 0.3) is 22.4 Å².